The summed E-state index contributed by atoms with van der Waals surface area (Å²) in [4.78, 5) is 22.6. The summed E-state index contributed by atoms with van der Waals surface area (Å²) in [6.07, 6.45) is 0.0696. The van der Waals surface area contributed by atoms with E-state index in [2.05, 4.69) is 10.6 Å². The van der Waals surface area contributed by atoms with Crippen molar-refractivity contribution in [1.82, 2.24) is 10.6 Å². The van der Waals surface area contributed by atoms with Crippen molar-refractivity contribution in [2.45, 2.75) is 19.4 Å². The zero-order chi connectivity index (χ0) is 15.4. The number of rotatable bonds is 5. The number of carbonyl (C=O) groups excluding carboxylic acids is 1. The molecule has 1 aromatic rings. The maximum Gasteiger partial charge on any atom is 0.273 e. The lowest BCUT2D eigenvalue weighted by Crippen LogP contribution is -2.34. The molecule has 0 aliphatic carbocycles. The number of carbonyl (C=O) groups is 1. The molecule has 7 nitrogen and oxygen atoms in total. The summed E-state index contributed by atoms with van der Waals surface area (Å²) in [5, 5.41) is 26.4. The van der Waals surface area contributed by atoms with Gasteiger partial charge in [-0.2, -0.15) is 0 Å². The molecule has 122 valence electrons. The third kappa shape index (κ3) is 4.16. The zero-order valence-corrected chi connectivity index (χ0v) is 13.1. The predicted octanol–water partition coefficient (Wildman–Crippen LogP) is 0.889. The van der Waals surface area contributed by atoms with Gasteiger partial charge in [-0.15, -0.1) is 12.4 Å². The standard InChI is InChI=1S/C14H19N3O4.ClH/c1-2-9-3-4-10(5-12(9)17(20)21)14(19)16-7-11-6-15-8-13(11)18;/h3-5,11,13,15,18H,2,6-8H2,1H3,(H,16,19);1H. The zero-order valence-electron chi connectivity index (χ0n) is 12.2. The number of nitrogens with zero attached hydrogens (tertiary/aromatic N) is 1. The average Bonchev–Trinajstić information content (AvgIpc) is 2.89. The number of nitro benzene ring substituents is 1. The van der Waals surface area contributed by atoms with Gasteiger partial charge in [0.1, 0.15) is 0 Å². The van der Waals surface area contributed by atoms with Crippen molar-refractivity contribution in [1.29, 1.82) is 0 Å². The molecule has 1 saturated heterocycles. The molecule has 1 heterocycles. The SMILES string of the molecule is CCc1ccc(C(=O)NCC2CNCC2O)cc1[N+](=O)[O-].Cl. The Morgan fingerprint density at radius 1 is 1.50 bits per heavy atom. The summed E-state index contributed by atoms with van der Waals surface area (Å²) in [5.41, 5.74) is 0.832. The fourth-order valence-electron chi connectivity index (χ4n) is 2.43. The van der Waals surface area contributed by atoms with Gasteiger partial charge in [-0.1, -0.05) is 13.0 Å². The molecular weight excluding hydrogens is 310 g/mol. The van der Waals surface area contributed by atoms with Crippen LogP contribution in [0.3, 0.4) is 0 Å². The van der Waals surface area contributed by atoms with Gasteiger partial charge in [0.05, 0.1) is 11.0 Å². The second-order valence-corrected chi connectivity index (χ2v) is 5.15. The second kappa shape index (κ2) is 8.07. The Bertz CT molecular complexity index is 553. The highest BCUT2D eigenvalue weighted by atomic mass is 35.5. The van der Waals surface area contributed by atoms with E-state index in [1.54, 1.807) is 12.1 Å². The Morgan fingerprint density at radius 2 is 2.23 bits per heavy atom. The predicted molar refractivity (Wildman–Crippen MR) is 84.4 cm³/mol. The average molecular weight is 330 g/mol. The fourth-order valence-corrected chi connectivity index (χ4v) is 2.43. The van der Waals surface area contributed by atoms with Crippen LogP contribution in [0.1, 0.15) is 22.8 Å². The van der Waals surface area contributed by atoms with Gasteiger partial charge in [0.25, 0.3) is 11.6 Å². The molecule has 1 aromatic carbocycles. The Morgan fingerprint density at radius 3 is 2.77 bits per heavy atom. The van der Waals surface area contributed by atoms with Gasteiger partial charge in [0.15, 0.2) is 0 Å². The van der Waals surface area contributed by atoms with Crippen LogP contribution in [-0.4, -0.2) is 41.7 Å². The number of hydrogen-bond acceptors (Lipinski definition) is 5. The molecule has 1 aliphatic heterocycles. The van der Waals surface area contributed by atoms with E-state index in [1.165, 1.54) is 6.07 Å². The first-order chi connectivity index (χ1) is 10.0. The van der Waals surface area contributed by atoms with Crippen LogP contribution in [0.4, 0.5) is 5.69 Å². The minimum Gasteiger partial charge on any atom is -0.391 e. The van der Waals surface area contributed by atoms with Crippen molar-refractivity contribution in [3.05, 3.63) is 39.4 Å². The first-order valence-electron chi connectivity index (χ1n) is 6.97. The molecule has 1 aliphatic rings. The van der Waals surface area contributed by atoms with Crippen molar-refractivity contribution in [3.63, 3.8) is 0 Å². The van der Waals surface area contributed by atoms with Gasteiger partial charge in [0.2, 0.25) is 0 Å². The smallest absolute Gasteiger partial charge is 0.273 e. The van der Waals surface area contributed by atoms with Crippen molar-refractivity contribution in [3.8, 4) is 0 Å². The van der Waals surface area contributed by atoms with Gasteiger partial charge in [-0.05, 0) is 12.5 Å². The number of amides is 1. The second-order valence-electron chi connectivity index (χ2n) is 5.15. The molecule has 1 fully saturated rings. The third-order valence-corrected chi connectivity index (χ3v) is 3.75. The Kier molecular flexibility index (Phi) is 6.73. The summed E-state index contributed by atoms with van der Waals surface area (Å²) in [5.74, 6) is -0.390. The van der Waals surface area contributed by atoms with Crippen molar-refractivity contribution in [2.75, 3.05) is 19.6 Å². The number of nitro groups is 1. The molecule has 0 aromatic heterocycles. The molecule has 2 unspecified atom stereocenters. The number of β-amino-alcohol motifs (C(OH)–C–C–N with tert-alkyl or cyclic N) is 1. The molecule has 22 heavy (non-hydrogen) atoms. The molecule has 3 N–H and O–H groups in total. The van der Waals surface area contributed by atoms with Gasteiger partial charge < -0.3 is 15.7 Å². The number of benzene rings is 1. The monoisotopic (exact) mass is 329 g/mol. The maximum atomic E-state index is 12.0. The number of hydrogen-bond donors (Lipinski definition) is 3. The van der Waals surface area contributed by atoms with Crippen LogP contribution in [0.25, 0.3) is 0 Å². The Labute approximate surface area is 134 Å². The summed E-state index contributed by atoms with van der Waals surface area (Å²) in [6.45, 7) is 3.35. The first-order valence-corrected chi connectivity index (χ1v) is 6.97. The van der Waals surface area contributed by atoms with Crippen LogP contribution >= 0.6 is 12.4 Å². The van der Waals surface area contributed by atoms with Gasteiger partial charge in [0, 0.05) is 42.7 Å². The number of nitrogens with one attached hydrogen (secondary N) is 2. The van der Waals surface area contributed by atoms with Crippen molar-refractivity contribution < 1.29 is 14.8 Å². The van der Waals surface area contributed by atoms with E-state index in [0.29, 0.717) is 31.6 Å². The number of aliphatic hydroxyl groups excluding tert-OH is 1. The summed E-state index contributed by atoms with van der Waals surface area (Å²) < 4.78 is 0. The van der Waals surface area contributed by atoms with Crippen molar-refractivity contribution in [2.24, 2.45) is 5.92 Å². The highest BCUT2D eigenvalue weighted by Gasteiger charge is 2.25. The van der Waals surface area contributed by atoms with E-state index in [-0.39, 0.29) is 35.5 Å². The number of aryl methyl sites for hydroxylation is 1. The minimum absolute atomic E-state index is 0. The Hall–Kier alpha value is -1.70. The molecule has 1 amide bonds. The normalized spacial score (nSPS) is 20.3. The first kappa shape index (κ1) is 18.3. The van der Waals surface area contributed by atoms with E-state index in [9.17, 15) is 20.0 Å². The summed E-state index contributed by atoms with van der Waals surface area (Å²) >= 11 is 0. The van der Waals surface area contributed by atoms with E-state index >= 15 is 0 Å². The van der Waals surface area contributed by atoms with Crippen LogP contribution in [0.5, 0.6) is 0 Å². The van der Waals surface area contributed by atoms with Crippen LogP contribution in [0.15, 0.2) is 18.2 Å². The van der Waals surface area contributed by atoms with Crippen LogP contribution < -0.4 is 10.6 Å². The minimum atomic E-state index is -0.472. The highest BCUT2D eigenvalue weighted by Crippen LogP contribution is 2.21. The van der Waals surface area contributed by atoms with Crippen LogP contribution in [0, 0.1) is 16.0 Å². The molecule has 0 saturated carbocycles. The van der Waals surface area contributed by atoms with E-state index in [0.717, 1.165) is 0 Å². The molecule has 0 spiro atoms. The van der Waals surface area contributed by atoms with E-state index in [1.807, 2.05) is 6.92 Å². The van der Waals surface area contributed by atoms with Crippen molar-refractivity contribution >= 4 is 24.0 Å². The molecule has 0 radical (unpaired) electrons. The quantitative estimate of drug-likeness (QED) is 0.549. The molecule has 8 heteroatoms. The fraction of sp³-hybridized carbons (Fsp3) is 0.500. The number of halogens is 1. The van der Waals surface area contributed by atoms with Gasteiger partial charge in [-0.3, -0.25) is 14.9 Å². The van der Waals surface area contributed by atoms with Gasteiger partial charge in [-0.25, -0.2) is 0 Å². The largest absolute Gasteiger partial charge is 0.391 e. The summed E-state index contributed by atoms with van der Waals surface area (Å²) in [7, 11) is 0. The van der Waals surface area contributed by atoms with Gasteiger partial charge >= 0.3 is 0 Å². The molecule has 2 rings (SSSR count). The lowest BCUT2D eigenvalue weighted by molar-refractivity contribution is -0.385. The maximum absolute atomic E-state index is 12.0. The summed E-state index contributed by atoms with van der Waals surface area (Å²) in [6, 6.07) is 4.50. The van der Waals surface area contributed by atoms with Crippen LogP contribution in [0.2, 0.25) is 0 Å². The highest BCUT2D eigenvalue weighted by molar-refractivity contribution is 5.95. The van der Waals surface area contributed by atoms with E-state index in [4.69, 9.17) is 0 Å². The van der Waals surface area contributed by atoms with E-state index < -0.39 is 11.0 Å². The Balaban J connectivity index is 0.00000242. The molecule has 2 atom stereocenters. The number of aliphatic hydroxyl groups is 1. The third-order valence-electron chi connectivity index (χ3n) is 3.75. The topological polar surface area (TPSA) is 104 Å². The lowest BCUT2D eigenvalue weighted by Gasteiger charge is -2.14. The molecular formula is C14H20ClN3O4. The van der Waals surface area contributed by atoms with Crippen LogP contribution in [-0.2, 0) is 6.42 Å². The lowest BCUT2D eigenvalue weighted by atomic mass is 10.0. The molecule has 0 bridgehead atoms.